The maximum Gasteiger partial charge on any atom is 0.159 e. The Morgan fingerprint density at radius 2 is 1.58 bits per heavy atom. The SMILES string of the molecule is CCc1cccc2c1oc1c(N(I)c3ccc(F)cc3)cccc12. The van der Waals surface area contributed by atoms with Gasteiger partial charge in [-0.2, -0.15) is 0 Å². The monoisotopic (exact) mass is 431 g/mol. The number of halogens is 2. The van der Waals surface area contributed by atoms with Gasteiger partial charge in [-0.1, -0.05) is 37.3 Å². The molecule has 0 bridgehead atoms. The molecule has 0 saturated heterocycles. The Bertz CT molecular complexity index is 1020. The summed E-state index contributed by atoms with van der Waals surface area (Å²) in [5.74, 6) is -0.238. The van der Waals surface area contributed by atoms with E-state index in [2.05, 4.69) is 54.1 Å². The molecule has 0 N–H and O–H groups in total. The quantitative estimate of drug-likeness (QED) is 0.263. The lowest BCUT2D eigenvalue weighted by Crippen LogP contribution is -2.00. The molecule has 0 spiro atoms. The van der Waals surface area contributed by atoms with Crippen molar-refractivity contribution in [1.29, 1.82) is 0 Å². The van der Waals surface area contributed by atoms with Crippen LogP contribution in [0.1, 0.15) is 12.5 Å². The van der Waals surface area contributed by atoms with Crippen molar-refractivity contribution >= 4 is 56.2 Å². The van der Waals surface area contributed by atoms with Crippen molar-refractivity contribution in [2.45, 2.75) is 13.3 Å². The number of anilines is 2. The molecule has 4 aromatic rings. The third-order valence-electron chi connectivity index (χ3n) is 4.23. The van der Waals surface area contributed by atoms with Crippen LogP contribution in [0.15, 0.2) is 65.1 Å². The molecule has 4 rings (SSSR count). The normalized spacial score (nSPS) is 11.3. The van der Waals surface area contributed by atoms with Crippen LogP contribution in [-0.2, 0) is 6.42 Å². The summed E-state index contributed by atoms with van der Waals surface area (Å²) in [6.07, 6.45) is 0.929. The van der Waals surface area contributed by atoms with Gasteiger partial charge in [0.05, 0.1) is 34.2 Å². The Morgan fingerprint density at radius 3 is 2.29 bits per heavy atom. The van der Waals surface area contributed by atoms with Crippen LogP contribution in [0, 0.1) is 5.82 Å². The Labute approximate surface area is 153 Å². The van der Waals surface area contributed by atoms with Gasteiger partial charge in [-0.3, -0.25) is 3.11 Å². The van der Waals surface area contributed by atoms with Crippen LogP contribution in [0.5, 0.6) is 0 Å². The summed E-state index contributed by atoms with van der Waals surface area (Å²) >= 11 is 2.23. The molecule has 3 aromatic carbocycles. The zero-order valence-corrected chi connectivity index (χ0v) is 15.2. The van der Waals surface area contributed by atoms with Gasteiger partial charge >= 0.3 is 0 Å². The van der Waals surface area contributed by atoms with Gasteiger partial charge in [-0.15, -0.1) is 0 Å². The predicted molar refractivity (Wildman–Crippen MR) is 106 cm³/mol. The Morgan fingerprint density at radius 1 is 0.917 bits per heavy atom. The van der Waals surface area contributed by atoms with Crippen LogP contribution in [0.2, 0.25) is 0 Å². The molecule has 0 saturated carbocycles. The standard InChI is InChI=1S/C20H15FINO/c1-2-13-5-3-6-16-17-7-4-8-18(20(17)24-19(13)16)23(22)15-11-9-14(21)10-12-15/h3-12H,2H2,1H3. The maximum absolute atomic E-state index is 13.2. The average molecular weight is 431 g/mol. The van der Waals surface area contributed by atoms with Crippen LogP contribution in [0.3, 0.4) is 0 Å². The van der Waals surface area contributed by atoms with Crippen LogP contribution >= 0.6 is 22.9 Å². The van der Waals surface area contributed by atoms with Crippen molar-refractivity contribution in [3.63, 3.8) is 0 Å². The Hall–Kier alpha value is -2.08. The van der Waals surface area contributed by atoms with Crippen molar-refractivity contribution in [1.82, 2.24) is 0 Å². The zero-order chi connectivity index (χ0) is 16.7. The van der Waals surface area contributed by atoms with Crippen molar-refractivity contribution in [2.24, 2.45) is 0 Å². The molecule has 0 unspecified atom stereocenters. The fourth-order valence-electron chi connectivity index (χ4n) is 3.01. The summed E-state index contributed by atoms with van der Waals surface area (Å²) < 4.78 is 21.4. The molecular weight excluding hydrogens is 416 g/mol. The topological polar surface area (TPSA) is 16.4 Å². The molecule has 1 aromatic heterocycles. The van der Waals surface area contributed by atoms with Crippen LogP contribution in [0.4, 0.5) is 15.8 Å². The molecule has 2 nitrogen and oxygen atoms in total. The molecule has 0 fully saturated rings. The maximum atomic E-state index is 13.2. The van der Waals surface area contributed by atoms with Crippen LogP contribution in [0.25, 0.3) is 21.9 Å². The van der Waals surface area contributed by atoms with E-state index in [0.29, 0.717) is 0 Å². The van der Waals surface area contributed by atoms with Crippen molar-refractivity contribution in [3.05, 3.63) is 72.0 Å². The van der Waals surface area contributed by atoms with E-state index in [9.17, 15) is 4.39 Å². The molecule has 0 aliphatic heterocycles. The summed E-state index contributed by atoms with van der Waals surface area (Å²) in [6, 6.07) is 18.9. The van der Waals surface area contributed by atoms with Crippen LogP contribution < -0.4 is 3.11 Å². The number of hydrogen-bond acceptors (Lipinski definition) is 2. The highest BCUT2D eigenvalue weighted by Crippen LogP contribution is 2.40. The minimum absolute atomic E-state index is 0.238. The average Bonchev–Trinajstić information content (AvgIpc) is 3.00. The molecule has 0 amide bonds. The number of fused-ring (bicyclic) bond motifs is 3. The van der Waals surface area contributed by atoms with Crippen LogP contribution in [-0.4, -0.2) is 0 Å². The van der Waals surface area contributed by atoms with Crippen molar-refractivity contribution in [2.75, 3.05) is 3.11 Å². The van der Waals surface area contributed by atoms with Crippen molar-refractivity contribution < 1.29 is 8.81 Å². The van der Waals surface area contributed by atoms with Gasteiger partial charge in [0, 0.05) is 10.8 Å². The van der Waals surface area contributed by atoms with Gasteiger partial charge in [0.25, 0.3) is 0 Å². The number of rotatable bonds is 3. The van der Waals surface area contributed by atoms with E-state index >= 15 is 0 Å². The minimum Gasteiger partial charge on any atom is -0.454 e. The first-order chi connectivity index (χ1) is 11.7. The van der Waals surface area contributed by atoms with E-state index in [1.807, 2.05) is 15.2 Å². The second-order valence-corrected chi connectivity index (χ2v) is 6.63. The van der Waals surface area contributed by atoms with E-state index < -0.39 is 0 Å². The van der Waals surface area contributed by atoms with Gasteiger partial charge in [-0.05, 0) is 42.3 Å². The highest BCUT2D eigenvalue weighted by atomic mass is 127. The Kier molecular flexibility index (Phi) is 3.92. The van der Waals surface area contributed by atoms with Gasteiger partial charge in [-0.25, -0.2) is 4.39 Å². The summed E-state index contributed by atoms with van der Waals surface area (Å²) in [5.41, 5.74) is 4.87. The number of hydrogen-bond donors (Lipinski definition) is 0. The smallest absolute Gasteiger partial charge is 0.159 e. The summed E-state index contributed by atoms with van der Waals surface area (Å²) in [7, 11) is 0. The largest absolute Gasteiger partial charge is 0.454 e. The number of aryl methyl sites for hydroxylation is 1. The lowest BCUT2D eigenvalue weighted by Gasteiger charge is -2.16. The molecule has 120 valence electrons. The van der Waals surface area contributed by atoms with E-state index in [4.69, 9.17) is 4.42 Å². The fourth-order valence-corrected chi connectivity index (χ4v) is 3.71. The summed E-state index contributed by atoms with van der Waals surface area (Å²) in [6.45, 7) is 2.13. The van der Waals surface area contributed by atoms with Crippen molar-refractivity contribution in [3.8, 4) is 0 Å². The number of nitrogens with zero attached hydrogens (tertiary/aromatic N) is 1. The molecule has 4 heteroatoms. The molecule has 1 heterocycles. The molecule has 24 heavy (non-hydrogen) atoms. The van der Waals surface area contributed by atoms with E-state index in [1.165, 1.54) is 17.7 Å². The van der Waals surface area contributed by atoms with E-state index in [0.717, 1.165) is 39.7 Å². The number of furan rings is 1. The first-order valence-electron chi connectivity index (χ1n) is 7.83. The first-order valence-corrected chi connectivity index (χ1v) is 8.80. The van der Waals surface area contributed by atoms with Gasteiger partial charge in [0.1, 0.15) is 11.4 Å². The van der Waals surface area contributed by atoms with Gasteiger partial charge in [0.2, 0.25) is 0 Å². The third-order valence-corrected chi connectivity index (χ3v) is 5.31. The number of benzene rings is 3. The first kappa shape index (κ1) is 15.4. The molecular formula is C20H15FINO. The number of para-hydroxylation sites is 2. The second-order valence-electron chi connectivity index (χ2n) is 5.66. The molecule has 0 aliphatic carbocycles. The van der Waals surface area contributed by atoms with Gasteiger partial charge in [0.15, 0.2) is 5.58 Å². The van der Waals surface area contributed by atoms with E-state index in [1.54, 1.807) is 12.1 Å². The van der Waals surface area contributed by atoms with E-state index in [-0.39, 0.29) is 5.82 Å². The highest BCUT2D eigenvalue weighted by molar-refractivity contribution is 14.1. The summed E-state index contributed by atoms with van der Waals surface area (Å²) in [4.78, 5) is 0. The predicted octanol–water partition coefficient (Wildman–Crippen LogP) is 6.78. The third kappa shape index (κ3) is 2.45. The molecule has 0 atom stereocenters. The minimum atomic E-state index is -0.238. The van der Waals surface area contributed by atoms with Gasteiger partial charge < -0.3 is 4.42 Å². The fraction of sp³-hybridized carbons (Fsp3) is 0.100. The second kappa shape index (κ2) is 6.09. The molecule has 0 radical (unpaired) electrons. The lowest BCUT2D eigenvalue weighted by atomic mass is 10.1. The highest BCUT2D eigenvalue weighted by Gasteiger charge is 2.16. The summed E-state index contributed by atoms with van der Waals surface area (Å²) in [5, 5.41) is 2.23. The molecule has 0 aliphatic rings. The Balaban J connectivity index is 1.94. The zero-order valence-electron chi connectivity index (χ0n) is 13.1. The lowest BCUT2D eigenvalue weighted by molar-refractivity contribution is 0.628.